The van der Waals surface area contributed by atoms with Crippen molar-refractivity contribution in [3.8, 4) is 5.75 Å². The second-order valence-corrected chi connectivity index (χ2v) is 4.83. The van der Waals surface area contributed by atoms with Gasteiger partial charge in [0.25, 0.3) is 0 Å². The van der Waals surface area contributed by atoms with Crippen molar-refractivity contribution < 1.29 is 4.74 Å². The van der Waals surface area contributed by atoms with E-state index in [1.54, 1.807) is 0 Å². The molecule has 1 saturated heterocycles. The lowest BCUT2D eigenvalue weighted by Gasteiger charge is -2.13. The topological polar surface area (TPSA) is 21.3 Å². The highest BCUT2D eigenvalue weighted by molar-refractivity contribution is 5.28. The van der Waals surface area contributed by atoms with Crippen LogP contribution >= 0.6 is 0 Å². The van der Waals surface area contributed by atoms with Crippen molar-refractivity contribution in [2.45, 2.75) is 38.6 Å². The zero-order chi connectivity index (χ0) is 11.4. The Balaban J connectivity index is 1.84. The Morgan fingerprint density at radius 1 is 1.31 bits per heavy atom. The van der Waals surface area contributed by atoms with Crippen LogP contribution in [0.2, 0.25) is 0 Å². The lowest BCUT2D eigenvalue weighted by Crippen LogP contribution is -2.28. The van der Waals surface area contributed by atoms with Crippen LogP contribution in [-0.4, -0.2) is 19.2 Å². The Morgan fingerprint density at radius 3 is 2.62 bits per heavy atom. The molecule has 1 aromatic rings. The van der Waals surface area contributed by atoms with Gasteiger partial charge in [0, 0.05) is 6.04 Å². The highest BCUT2D eigenvalue weighted by Gasteiger charge is 2.14. The molecule has 1 atom stereocenters. The van der Waals surface area contributed by atoms with Gasteiger partial charge >= 0.3 is 0 Å². The van der Waals surface area contributed by atoms with E-state index in [-0.39, 0.29) is 0 Å². The summed E-state index contributed by atoms with van der Waals surface area (Å²) < 4.78 is 5.76. The molecule has 2 heteroatoms. The molecular weight excluding hydrogens is 198 g/mol. The third kappa shape index (κ3) is 2.99. The fraction of sp³-hybridized carbons (Fsp3) is 0.571. The van der Waals surface area contributed by atoms with Gasteiger partial charge in [-0.15, -0.1) is 0 Å². The van der Waals surface area contributed by atoms with E-state index in [2.05, 4.69) is 43.4 Å². The van der Waals surface area contributed by atoms with Gasteiger partial charge in [-0.3, -0.25) is 0 Å². The summed E-state index contributed by atoms with van der Waals surface area (Å²) in [5.74, 6) is 1.57. The quantitative estimate of drug-likeness (QED) is 0.840. The highest BCUT2D eigenvalue weighted by Crippen LogP contribution is 2.19. The van der Waals surface area contributed by atoms with Gasteiger partial charge in [0.2, 0.25) is 0 Å². The predicted octanol–water partition coefficient (Wildman–Crippen LogP) is 2.94. The number of ether oxygens (including phenoxy) is 1. The van der Waals surface area contributed by atoms with Crippen LogP contribution in [-0.2, 0) is 0 Å². The first kappa shape index (κ1) is 11.5. The fourth-order valence-electron chi connectivity index (χ4n) is 2.04. The Morgan fingerprint density at radius 2 is 2.06 bits per heavy atom. The zero-order valence-corrected chi connectivity index (χ0v) is 10.2. The largest absolute Gasteiger partial charge is 0.492 e. The fourth-order valence-corrected chi connectivity index (χ4v) is 2.04. The average molecular weight is 219 g/mol. The lowest BCUT2D eigenvalue weighted by molar-refractivity contribution is 0.277. The lowest BCUT2D eigenvalue weighted by atomic mass is 10.0. The molecule has 0 amide bonds. The summed E-state index contributed by atoms with van der Waals surface area (Å²) in [6.45, 7) is 6.35. The molecule has 2 rings (SSSR count). The molecule has 0 aromatic heterocycles. The number of hydrogen-bond donors (Lipinski definition) is 1. The number of hydrogen-bond acceptors (Lipinski definition) is 2. The molecule has 1 aliphatic rings. The van der Waals surface area contributed by atoms with E-state index in [4.69, 9.17) is 4.74 Å². The molecular formula is C14H21NO. The molecule has 0 saturated carbocycles. The summed E-state index contributed by atoms with van der Waals surface area (Å²) in [6.07, 6.45) is 2.52. The second-order valence-electron chi connectivity index (χ2n) is 4.83. The summed E-state index contributed by atoms with van der Waals surface area (Å²) in [5.41, 5.74) is 1.37. The maximum absolute atomic E-state index is 5.76. The van der Waals surface area contributed by atoms with Gasteiger partial charge in [0.15, 0.2) is 0 Å². The second kappa shape index (κ2) is 5.35. The number of rotatable bonds is 4. The van der Waals surface area contributed by atoms with E-state index in [1.165, 1.54) is 18.4 Å². The van der Waals surface area contributed by atoms with E-state index in [0.29, 0.717) is 12.0 Å². The van der Waals surface area contributed by atoms with Gasteiger partial charge in [-0.05, 0) is 43.0 Å². The summed E-state index contributed by atoms with van der Waals surface area (Å²) in [6, 6.07) is 9.00. The van der Waals surface area contributed by atoms with Crippen LogP contribution in [0.5, 0.6) is 5.75 Å². The van der Waals surface area contributed by atoms with Gasteiger partial charge in [-0.1, -0.05) is 26.0 Å². The van der Waals surface area contributed by atoms with Crippen molar-refractivity contribution in [3.05, 3.63) is 29.8 Å². The molecule has 0 unspecified atom stereocenters. The molecule has 16 heavy (non-hydrogen) atoms. The summed E-state index contributed by atoms with van der Waals surface area (Å²) in [5, 5.41) is 3.43. The number of benzene rings is 1. The Labute approximate surface area is 98.0 Å². The van der Waals surface area contributed by atoms with E-state index in [9.17, 15) is 0 Å². The maximum atomic E-state index is 5.76. The Hall–Kier alpha value is -1.02. The van der Waals surface area contributed by atoms with Crippen LogP contribution in [0.4, 0.5) is 0 Å². The summed E-state index contributed by atoms with van der Waals surface area (Å²) >= 11 is 0. The molecule has 0 radical (unpaired) electrons. The molecule has 88 valence electrons. The first-order chi connectivity index (χ1) is 7.75. The van der Waals surface area contributed by atoms with Crippen LogP contribution < -0.4 is 10.1 Å². The Bertz CT molecular complexity index is 312. The molecule has 1 fully saturated rings. The number of nitrogens with one attached hydrogen (secondary N) is 1. The standard InChI is InChI=1S/C14H21NO/c1-11(2)12-5-7-14(8-6-12)16-10-13-4-3-9-15-13/h5-8,11,13,15H,3-4,9-10H2,1-2H3/t13-/m1/s1. The summed E-state index contributed by atoms with van der Waals surface area (Å²) in [4.78, 5) is 0. The van der Waals surface area contributed by atoms with Crippen LogP contribution in [0, 0.1) is 0 Å². The van der Waals surface area contributed by atoms with Crippen molar-refractivity contribution in [3.63, 3.8) is 0 Å². The highest BCUT2D eigenvalue weighted by atomic mass is 16.5. The average Bonchev–Trinajstić information content (AvgIpc) is 2.80. The van der Waals surface area contributed by atoms with Gasteiger partial charge in [-0.2, -0.15) is 0 Å². The molecule has 1 heterocycles. The van der Waals surface area contributed by atoms with Gasteiger partial charge in [-0.25, -0.2) is 0 Å². The maximum Gasteiger partial charge on any atom is 0.119 e. The van der Waals surface area contributed by atoms with E-state index in [0.717, 1.165) is 18.9 Å². The first-order valence-electron chi connectivity index (χ1n) is 6.22. The van der Waals surface area contributed by atoms with Crippen molar-refractivity contribution in [2.75, 3.05) is 13.2 Å². The molecule has 0 bridgehead atoms. The van der Waals surface area contributed by atoms with Gasteiger partial charge in [0.05, 0.1) is 0 Å². The monoisotopic (exact) mass is 219 g/mol. The third-order valence-electron chi connectivity index (χ3n) is 3.16. The minimum absolute atomic E-state index is 0.546. The molecule has 0 aliphatic carbocycles. The van der Waals surface area contributed by atoms with Crippen molar-refractivity contribution in [1.29, 1.82) is 0 Å². The molecule has 2 nitrogen and oxygen atoms in total. The smallest absolute Gasteiger partial charge is 0.119 e. The molecule has 1 aromatic carbocycles. The van der Waals surface area contributed by atoms with Crippen LogP contribution in [0.3, 0.4) is 0 Å². The van der Waals surface area contributed by atoms with Crippen molar-refractivity contribution >= 4 is 0 Å². The van der Waals surface area contributed by atoms with E-state index >= 15 is 0 Å². The first-order valence-corrected chi connectivity index (χ1v) is 6.22. The van der Waals surface area contributed by atoms with Crippen LogP contribution in [0.15, 0.2) is 24.3 Å². The van der Waals surface area contributed by atoms with Crippen molar-refractivity contribution in [1.82, 2.24) is 5.32 Å². The summed E-state index contributed by atoms with van der Waals surface area (Å²) in [7, 11) is 0. The normalized spacial score (nSPS) is 20.3. The minimum atomic E-state index is 0.546. The molecule has 1 aliphatic heterocycles. The SMILES string of the molecule is CC(C)c1ccc(OC[C@H]2CCCN2)cc1. The zero-order valence-electron chi connectivity index (χ0n) is 10.2. The van der Waals surface area contributed by atoms with Crippen molar-refractivity contribution in [2.24, 2.45) is 0 Å². The van der Waals surface area contributed by atoms with Gasteiger partial charge < -0.3 is 10.1 Å². The van der Waals surface area contributed by atoms with E-state index < -0.39 is 0 Å². The van der Waals surface area contributed by atoms with E-state index in [1.807, 2.05) is 0 Å². The minimum Gasteiger partial charge on any atom is -0.492 e. The molecule has 0 spiro atoms. The Kier molecular flexibility index (Phi) is 3.83. The predicted molar refractivity (Wildman–Crippen MR) is 67.1 cm³/mol. The van der Waals surface area contributed by atoms with Gasteiger partial charge in [0.1, 0.15) is 12.4 Å². The molecule has 1 N–H and O–H groups in total. The van der Waals surface area contributed by atoms with Crippen LogP contribution in [0.25, 0.3) is 0 Å². The third-order valence-corrected chi connectivity index (χ3v) is 3.16. The van der Waals surface area contributed by atoms with Crippen LogP contribution in [0.1, 0.15) is 38.2 Å².